The zero-order valence-electron chi connectivity index (χ0n) is 7.93. The molecule has 2 rings (SSSR count). The average Bonchev–Trinajstić information content (AvgIpc) is 2.93. The highest BCUT2D eigenvalue weighted by Gasteiger charge is 2.32. The molecule has 1 nitrogen and oxygen atoms in total. The summed E-state index contributed by atoms with van der Waals surface area (Å²) in [5, 5.41) is 10.7. The number of hydrogen-bond donors (Lipinski definition) is 1. The van der Waals surface area contributed by atoms with Crippen LogP contribution in [0.1, 0.15) is 30.1 Å². The molecule has 0 radical (unpaired) electrons. The van der Waals surface area contributed by atoms with Crippen molar-refractivity contribution in [1.82, 2.24) is 0 Å². The number of aliphatic hydroxyl groups is 1. The van der Waals surface area contributed by atoms with Crippen molar-refractivity contribution in [2.45, 2.75) is 25.9 Å². The predicted octanol–water partition coefficient (Wildman–Crippen LogP) is 3.85. The predicted molar refractivity (Wildman–Crippen MR) is 61.6 cm³/mol. The summed E-state index contributed by atoms with van der Waals surface area (Å²) in [6.07, 6.45) is 1.89. The van der Waals surface area contributed by atoms with Crippen LogP contribution in [-0.2, 0) is 0 Å². The molecule has 0 bridgehead atoms. The lowest BCUT2D eigenvalue weighted by molar-refractivity contribution is 0.153. The highest BCUT2D eigenvalue weighted by Crippen LogP contribution is 2.43. The van der Waals surface area contributed by atoms with E-state index in [1.54, 1.807) is 0 Å². The van der Waals surface area contributed by atoms with E-state index in [4.69, 9.17) is 11.6 Å². The van der Waals surface area contributed by atoms with Crippen LogP contribution in [0.25, 0.3) is 0 Å². The van der Waals surface area contributed by atoms with Gasteiger partial charge in [-0.1, -0.05) is 27.5 Å². The molecule has 76 valence electrons. The van der Waals surface area contributed by atoms with Crippen LogP contribution in [0.3, 0.4) is 0 Å². The van der Waals surface area contributed by atoms with Gasteiger partial charge in [-0.2, -0.15) is 0 Å². The van der Waals surface area contributed by atoms with Gasteiger partial charge in [-0.15, -0.1) is 0 Å². The highest BCUT2D eigenvalue weighted by molar-refractivity contribution is 9.10. The maximum absolute atomic E-state index is 9.97. The quantitative estimate of drug-likeness (QED) is 0.869. The van der Waals surface area contributed by atoms with Crippen molar-refractivity contribution in [3.05, 3.63) is 32.8 Å². The third-order valence-corrected chi connectivity index (χ3v) is 3.76. The van der Waals surface area contributed by atoms with Crippen LogP contribution in [0.5, 0.6) is 0 Å². The first-order chi connectivity index (χ1) is 6.59. The topological polar surface area (TPSA) is 20.2 Å². The molecular formula is C11H12BrClO. The number of aliphatic hydroxyl groups excluding tert-OH is 1. The van der Waals surface area contributed by atoms with E-state index < -0.39 is 0 Å². The molecule has 1 aliphatic rings. The fourth-order valence-electron chi connectivity index (χ4n) is 1.55. The van der Waals surface area contributed by atoms with Crippen molar-refractivity contribution in [3.8, 4) is 0 Å². The number of hydrogen-bond acceptors (Lipinski definition) is 1. The third kappa shape index (κ3) is 1.97. The van der Waals surface area contributed by atoms with Crippen LogP contribution >= 0.6 is 27.5 Å². The number of rotatable bonds is 2. The minimum Gasteiger partial charge on any atom is -0.388 e. The van der Waals surface area contributed by atoms with Gasteiger partial charge in [-0.25, -0.2) is 0 Å². The van der Waals surface area contributed by atoms with E-state index in [1.807, 2.05) is 19.1 Å². The van der Waals surface area contributed by atoms with Gasteiger partial charge in [0.05, 0.1) is 6.10 Å². The summed E-state index contributed by atoms with van der Waals surface area (Å²) in [5.41, 5.74) is 1.95. The van der Waals surface area contributed by atoms with Gasteiger partial charge in [-0.3, -0.25) is 0 Å². The molecule has 0 amide bonds. The molecule has 1 aromatic carbocycles. The van der Waals surface area contributed by atoms with Crippen molar-refractivity contribution in [3.63, 3.8) is 0 Å². The van der Waals surface area contributed by atoms with Crippen LogP contribution in [-0.4, -0.2) is 5.11 Å². The van der Waals surface area contributed by atoms with Crippen molar-refractivity contribution in [2.75, 3.05) is 0 Å². The summed E-state index contributed by atoms with van der Waals surface area (Å²) in [6, 6.07) is 3.83. The first-order valence-electron chi connectivity index (χ1n) is 4.73. The average molecular weight is 276 g/mol. The third-order valence-electron chi connectivity index (χ3n) is 2.67. The van der Waals surface area contributed by atoms with E-state index in [0.29, 0.717) is 5.92 Å². The first-order valence-corrected chi connectivity index (χ1v) is 5.90. The van der Waals surface area contributed by atoms with E-state index in [9.17, 15) is 5.11 Å². The van der Waals surface area contributed by atoms with Crippen LogP contribution in [0, 0.1) is 12.8 Å². The smallest absolute Gasteiger partial charge is 0.0829 e. The van der Waals surface area contributed by atoms with Crippen molar-refractivity contribution in [2.24, 2.45) is 5.92 Å². The maximum Gasteiger partial charge on any atom is 0.0829 e. The lowest BCUT2D eigenvalue weighted by atomic mass is 10.0. The lowest BCUT2D eigenvalue weighted by Crippen LogP contribution is -2.01. The van der Waals surface area contributed by atoms with Crippen LogP contribution in [0.15, 0.2) is 16.6 Å². The zero-order chi connectivity index (χ0) is 10.3. The zero-order valence-corrected chi connectivity index (χ0v) is 10.3. The Kier molecular flexibility index (Phi) is 2.87. The lowest BCUT2D eigenvalue weighted by Gasteiger charge is -2.13. The monoisotopic (exact) mass is 274 g/mol. The molecule has 1 unspecified atom stereocenters. The first kappa shape index (κ1) is 10.5. The van der Waals surface area contributed by atoms with Crippen molar-refractivity contribution < 1.29 is 5.11 Å². The summed E-state index contributed by atoms with van der Waals surface area (Å²) >= 11 is 9.48. The fraction of sp³-hybridized carbons (Fsp3) is 0.455. The van der Waals surface area contributed by atoms with Crippen LogP contribution < -0.4 is 0 Å². The van der Waals surface area contributed by atoms with Gasteiger partial charge >= 0.3 is 0 Å². The van der Waals surface area contributed by atoms with E-state index in [-0.39, 0.29) is 6.10 Å². The normalized spacial score (nSPS) is 18.3. The second kappa shape index (κ2) is 3.84. The Morgan fingerprint density at radius 3 is 2.71 bits per heavy atom. The molecular weight excluding hydrogens is 263 g/mol. The number of halogens is 2. The second-order valence-corrected chi connectivity index (χ2v) is 5.17. The molecule has 1 saturated carbocycles. The van der Waals surface area contributed by atoms with E-state index in [1.165, 1.54) is 0 Å². The highest BCUT2D eigenvalue weighted by atomic mass is 79.9. The largest absolute Gasteiger partial charge is 0.388 e. The molecule has 1 N–H and O–H groups in total. The standard InChI is InChI=1S/C11H12BrClO/c1-6-4-9(12)8(5-10(6)13)11(14)7-2-3-7/h4-5,7,11,14H,2-3H2,1H3. The van der Waals surface area contributed by atoms with Gasteiger partial charge < -0.3 is 5.11 Å². The molecule has 1 aromatic rings. The minimum absolute atomic E-state index is 0.359. The Bertz CT molecular complexity index is 361. The van der Waals surface area contributed by atoms with E-state index in [0.717, 1.165) is 33.5 Å². The van der Waals surface area contributed by atoms with Gasteiger partial charge in [0.1, 0.15) is 0 Å². The Hall–Kier alpha value is -0.0500. The molecule has 1 fully saturated rings. The molecule has 1 atom stereocenters. The van der Waals surface area contributed by atoms with E-state index in [2.05, 4.69) is 15.9 Å². The molecule has 0 heterocycles. The second-order valence-electron chi connectivity index (χ2n) is 3.91. The van der Waals surface area contributed by atoms with Gasteiger partial charge in [0, 0.05) is 9.50 Å². The molecule has 0 aliphatic heterocycles. The van der Waals surface area contributed by atoms with Crippen molar-refractivity contribution >= 4 is 27.5 Å². The number of benzene rings is 1. The van der Waals surface area contributed by atoms with Gasteiger partial charge in [0.25, 0.3) is 0 Å². The summed E-state index contributed by atoms with van der Waals surface area (Å²) in [4.78, 5) is 0. The Morgan fingerprint density at radius 2 is 2.14 bits per heavy atom. The Labute approximate surface area is 97.2 Å². The number of aryl methyl sites for hydroxylation is 1. The summed E-state index contributed by atoms with van der Waals surface area (Å²) in [6.45, 7) is 1.96. The fourth-order valence-corrected chi connectivity index (χ4v) is 2.42. The summed E-state index contributed by atoms with van der Waals surface area (Å²) < 4.78 is 0.957. The molecule has 0 aromatic heterocycles. The Morgan fingerprint density at radius 1 is 1.50 bits per heavy atom. The molecule has 0 saturated heterocycles. The van der Waals surface area contributed by atoms with Crippen LogP contribution in [0.4, 0.5) is 0 Å². The van der Waals surface area contributed by atoms with E-state index >= 15 is 0 Å². The van der Waals surface area contributed by atoms with Gasteiger partial charge in [0.15, 0.2) is 0 Å². The summed E-state index contributed by atoms with van der Waals surface area (Å²) in [5.74, 6) is 0.435. The van der Waals surface area contributed by atoms with Gasteiger partial charge in [0.2, 0.25) is 0 Å². The Balaban J connectivity index is 2.36. The maximum atomic E-state index is 9.97. The van der Waals surface area contributed by atoms with Crippen LogP contribution in [0.2, 0.25) is 5.02 Å². The molecule has 3 heteroatoms. The summed E-state index contributed by atoms with van der Waals surface area (Å²) in [7, 11) is 0. The minimum atomic E-state index is -0.359. The molecule has 0 spiro atoms. The molecule has 1 aliphatic carbocycles. The van der Waals surface area contributed by atoms with Gasteiger partial charge in [-0.05, 0) is 48.9 Å². The SMILES string of the molecule is Cc1cc(Br)c(C(O)C2CC2)cc1Cl. The molecule has 14 heavy (non-hydrogen) atoms. The van der Waals surface area contributed by atoms with Crippen molar-refractivity contribution in [1.29, 1.82) is 0 Å².